The second kappa shape index (κ2) is 7.48. The minimum Gasteiger partial charge on any atom is -0.464 e. The molecule has 0 aromatic heterocycles. The monoisotopic (exact) mass is 312 g/mol. The highest BCUT2D eigenvalue weighted by Crippen LogP contribution is 2.29. The van der Waals surface area contributed by atoms with Crippen LogP contribution in [0, 0.1) is 10.1 Å². The van der Waals surface area contributed by atoms with Crippen molar-refractivity contribution in [2.24, 2.45) is 0 Å². The number of hydrogen-bond acceptors (Lipinski definition) is 7. The van der Waals surface area contributed by atoms with Crippen molar-refractivity contribution in [1.29, 1.82) is 0 Å². The van der Waals surface area contributed by atoms with Gasteiger partial charge in [-0.3, -0.25) is 14.9 Å². The molecule has 9 nitrogen and oxygen atoms in total. The van der Waals surface area contributed by atoms with Crippen molar-refractivity contribution >= 4 is 23.3 Å². The number of amides is 1. The van der Waals surface area contributed by atoms with Gasteiger partial charge in [-0.05, 0) is 18.6 Å². The highest BCUT2D eigenvalue weighted by Gasteiger charge is 2.29. The summed E-state index contributed by atoms with van der Waals surface area (Å²) < 4.78 is 4.56. The van der Waals surface area contributed by atoms with Crippen LogP contribution in [-0.2, 0) is 14.3 Å². The van der Waals surface area contributed by atoms with E-state index in [0.717, 1.165) is 6.07 Å². The molecule has 0 heterocycles. The minimum atomic E-state index is -1.87. The first kappa shape index (κ1) is 17.5. The Morgan fingerprint density at radius 2 is 2.05 bits per heavy atom. The van der Waals surface area contributed by atoms with Gasteiger partial charge in [0, 0.05) is 13.0 Å². The Kier molecular flexibility index (Phi) is 5.96. The van der Waals surface area contributed by atoms with Gasteiger partial charge >= 0.3 is 5.97 Å². The van der Waals surface area contributed by atoms with Gasteiger partial charge in [0.05, 0.1) is 11.5 Å². The second-order valence-corrected chi connectivity index (χ2v) is 4.36. The SMILES string of the molecule is CCOC(=O)C(O)C(O)c1ccc(NC(C)=O)c([N+](=O)[O-])c1. The number of carbonyl (C=O) groups is 2. The Hall–Kier alpha value is -2.52. The molecule has 0 spiro atoms. The molecule has 0 aliphatic rings. The van der Waals surface area contributed by atoms with Crippen molar-refractivity contribution in [2.75, 3.05) is 11.9 Å². The lowest BCUT2D eigenvalue weighted by atomic mass is 10.0. The number of nitro groups is 1. The minimum absolute atomic E-state index is 0.0181. The summed E-state index contributed by atoms with van der Waals surface area (Å²) in [5.74, 6) is -1.54. The molecular formula is C13H16N2O7. The quantitative estimate of drug-likeness (QED) is 0.395. The van der Waals surface area contributed by atoms with E-state index in [4.69, 9.17) is 0 Å². The van der Waals surface area contributed by atoms with Crippen molar-refractivity contribution in [2.45, 2.75) is 26.1 Å². The summed E-state index contributed by atoms with van der Waals surface area (Å²) >= 11 is 0. The molecule has 9 heteroatoms. The van der Waals surface area contributed by atoms with E-state index in [-0.39, 0.29) is 17.9 Å². The summed E-state index contributed by atoms with van der Waals surface area (Å²) in [5.41, 5.74) is -0.580. The lowest BCUT2D eigenvalue weighted by Gasteiger charge is -2.17. The van der Waals surface area contributed by atoms with Crippen LogP contribution in [0.3, 0.4) is 0 Å². The first-order valence-corrected chi connectivity index (χ1v) is 6.36. The zero-order valence-electron chi connectivity index (χ0n) is 12.0. The fraction of sp³-hybridized carbons (Fsp3) is 0.385. The van der Waals surface area contributed by atoms with E-state index in [1.807, 2.05) is 0 Å². The summed E-state index contributed by atoms with van der Waals surface area (Å²) in [5, 5.41) is 32.8. The number of esters is 1. The number of nitro benzene ring substituents is 1. The van der Waals surface area contributed by atoms with Crippen molar-refractivity contribution in [3.63, 3.8) is 0 Å². The summed E-state index contributed by atoms with van der Waals surface area (Å²) in [7, 11) is 0. The third-order valence-corrected chi connectivity index (χ3v) is 2.70. The summed E-state index contributed by atoms with van der Waals surface area (Å²) in [6, 6.07) is 3.43. The highest BCUT2D eigenvalue weighted by atomic mass is 16.6. The van der Waals surface area contributed by atoms with Crippen LogP contribution in [-0.4, -0.2) is 39.7 Å². The molecule has 0 aliphatic heterocycles. The standard InChI is InChI=1S/C13H16N2O7/c1-3-22-13(19)12(18)11(17)8-4-5-9(14-7(2)16)10(6-8)15(20)21/h4-6,11-12,17-18H,3H2,1-2H3,(H,14,16). The normalized spacial score (nSPS) is 13.1. The van der Waals surface area contributed by atoms with Crippen molar-refractivity contribution in [1.82, 2.24) is 0 Å². The Morgan fingerprint density at radius 1 is 1.41 bits per heavy atom. The topological polar surface area (TPSA) is 139 Å². The molecule has 0 radical (unpaired) electrons. The lowest BCUT2D eigenvalue weighted by Crippen LogP contribution is -2.30. The molecule has 0 saturated carbocycles. The number of ether oxygens (including phenoxy) is 1. The molecule has 1 amide bonds. The van der Waals surface area contributed by atoms with E-state index >= 15 is 0 Å². The van der Waals surface area contributed by atoms with E-state index in [1.54, 1.807) is 0 Å². The number of nitrogens with one attached hydrogen (secondary N) is 1. The highest BCUT2D eigenvalue weighted by molar-refractivity contribution is 5.91. The van der Waals surface area contributed by atoms with Gasteiger partial charge < -0.3 is 20.3 Å². The Balaban J connectivity index is 3.10. The number of carbonyl (C=O) groups excluding carboxylic acids is 2. The van der Waals surface area contributed by atoms with Gasteiger partial charge in [0.25, 0.3) is 5.69 Å². The third-order valence-electron chi connectivity index (χ3n) is 2.70. The molecule has 2 unspecified atom stereocenters. The van der Waals surface area contributed by atoms with E-state index in [9.17, 15) is 29.9 Å². The molecule has 1 aromatic carbocycles. The van der Waals surface area contributed by atoms with Gasteiger partial charge in [-0.25, -0.2) is 4.79 Å². The summed E-state index contributed by atoms with van der Waals surface area (Å²) in [6.45, 7) is 2.74. The molecule has 1 aromatic rings. The average Bonchev–Trinajstić information content (AvgIpc) is 2.45. The van der Waals surface area contributed by atoms with Gasteiger partial charge in [-0.2, -0.15) is 0 Å². The van der Waals surface area contributed by atoms with E-state index in [1.165, 1.54) is 26.0 Å². The molecule has 2 atom stereocenters. The predicted octanol–water partition coefficient (Wildman–Crippen LogP) is 0.511. The maximum absolute atomic E-state index is 11.4. The fourth-order valence-electron chi connectivity index (χ4n) is 1.72. The molecule has 0 fully saturated rings. The third kappa shape index (κ3) is 4.24. The second-order valence-electron chi connectivity index (χ2n) is 4.36. The Bertz CT molecular complexity index is 588. The van der Waals surface area contributed by atoms with Crippen molar-refractivity contribution < 1.29 is 29.5 Å². The van der Waals surface area contributed by atoms with Crippen LogP contribution in [0.25, 0.3) is 0 Å². The number of aliphatic hydroxyl groups is 2. The largest absolute Gasteiger partial charge is 0.464 e. The molecular weight excluding hydrogens is 296 g/mol. The van der Waals surface area contributed by atoms with E-state index in [2.05, 4.69) is 10.1 Å². The number of nitrogens with zero attached hydrogens (tertiary/aromatic N) is 1. The van der Waals surface area contributed by atoms with Crippen LogP contribution in [0.2, 0.25) is 0 Å². The molecule has 0 saturated heterocycles. The van der Waals surface area contributed by atoms with Crippen molar-refractivity contribution in [3.05, 3.63) is 33.9 Å². The van der Waals surface area contributed by atoms with Gasteiger partial charge in [0.15, 0.2) is 6.10 Å². The number of rotatable bonds is 6. The van der Waals surface area contributed by atoms with Crippen LogP contribution in [0.4, 0.5) is 11.4 Å². The lowest BCUT2D eigenvalue weighted by molar-refractivity contribution is -0.384. The Morgan fingerprint density at radius 3 is 2.55 bits per heavy atom. The number of hydrogen-bond donors (Lipinski definition) is 3. The molecule has 120 valence electrons. The smallest absolute Gasteiger partial charge is 0.338 e. The van der Waals surface area contributed by atoms with Crippen LogP contribution in [0.1, 0.15) is 25.5 Å². The summed E-state index contributed by atoms with van der Waals surface area (Å²) in [4.78, 5) is 32.6. The molecule has 3 N–H and O–H groups in total. The zero-order chi connectivity index (χ0) is 16.9. The molecule has 0 aliphatic carbocycles. The fourth-order valence-corrected chi connectivity index (χ4v) is 1.72. The number of benzene rings is 1. The van der Waals surface area contributed by atoms with Crippen LogP contribution < -0.4 is 5.32 Å². The van der Waals surface area contributed by atoms with Gasteiger partial charge in [0.2, 0.25) is 5.91 Å². The predicted molar refractivity (Wildman–Crippen MR) is 75.0 cm³/mol. The number of anilines is 1. The molecule has 22 heavy (non-hydrogen) atoms. The van der Waals surface area contributed by atoms with Gasteiger partial charge in [0.1, 0.15) is 11.8 Å². The Labute approximate surface area is 125 Å². The van der Waals surface area contributed by atoms with Crippen LogP contribution >= 0.6 is 0 Å². The maximum Gasteiger partial charge on any atom is 0.338 e. The maximum atomic E-state index is 11.4. The van der Waals surface area contributed by atoms with Crippen LogP contribution in [0.5, 0.6) is 0 Å². The first-order valence-electron chi connectivity index (χ1n) is 6.36. The van der Waals surface area contributed by atoms with E-state index in [0.29, 0.717) is 0 Å². The molecule has 0 bridgehead atoms. The number of aliphatic hydroxyl groups excluding tert-OH is 2. The van der Waals surface area contributed by atoms with Crippen molar-refractivity contribution in [3.8, 4) is 0 Å². The van der Waals surface area contributed by atoms with Gasteiger partial charge in [-0.15, -0.1) is 0 Å². The van der Waals surface area contributed by atoms with E-state index < -0.39 is 34.7 Å². The first-order chi connectivity index (χ1) is 10.3. The zero-order valence-corrected chi connectivity index (χ0v) is 12.0. The van der Waals surface area contributed by atoms with Crippen LogP contribution in [0.15, 0.2) is 18.2 Å². The van der Waals surface area contributed by atoms with Gasteiger partial charge in [-0.1, -0.05) is 6.07 Å². The molecule has 1 rings (SSSR count). The average molecular weight is 312 g/mol. The summed E-state index contributed by atoms with van der Waals surface area (Å²) in [6.07, 6.45) is -3.56.